The first kappa shape index (κ1) is 24.0. The van der Waals surface area contributed by atoms with E-state index >= 15 is 0 Å². The number of allylic oxidation sites excluding steroid dienone is 3. The minimum Gasteiger partial charge on any atom is -0.508 e. The van der Waals surface area contributed by atoms with E-state index in [1.165, 1.54) is 18.4 Å². The number of carbonyl (C=O) groups is 4. The summed E-state index contributed by atoms with van der Waals surface area (Å²) in [6, 6.07) is 4.64. The number of likely N-dealkylation sites (tertiary alicyclic amines) is 1. The van der Waals surface area contributed by atoms with Crippen LogP contribution in [0.1, 0.15) is 18.4 Å². The highest BCUT2D eigenvalue weighted by atomic mass is 79.9. The summed E-state index contributed by atoms with van der Waals surface area (Å²) in [4.78, 5) is 49.8. The molecule has 9 nitrogen and oxygen atoms in total. The van der Waals surface area contributed by atoms with Crippen molar-refractivity contribution in [3.63, 3.8) is 0 Å². The number of fused-ring (bicyclic) bond motifs is 5. The lowest BCUT2D eigenvalue weighted by molar-refractivity contribution is -0.173. The third-order valence-electron chi connectivity index (χ3n) is 8.14. The molecule has 6 atom stereocenters. The van der Waals surface area contributed by atoms with Gasteiger partial charge in [-0.2, -0.15) is 5.06 Å². The quantitative estimate of drug-likeness (QED) is 0.177. The second kappa shape index (κ2) is 7.80. The molecule has 36 heavy (non-hydrogen) atoms. The average Bonchev–Trinajstić information content (AvgIpc) is 3.16. The maximum atomic E-state index is 13.7. The first-order chi connectivity index (χ1) is 17.0. The number of alkyl halides is 3. The van der Waals surface area contributed by atoms with Crippen LogP contribution in [-0.4, -0.2) is 59.1 Å². The smallest absolute Gasteiger partial charge is 0.257 e. The molecule has 188 valence electrons. The van der Waals surface area contributed by atoms with Gasteiger partial charge in [0.15, 0.2) is 9.75 Å². The van der Waals surface area contributed by atoms with E-state index in [0.29, 0.717) is 22.5 Å². The fraction of sp³-hybridized carbons (Fsp3) is 0.417. The van der Waals surface area contributed by atoms with Crippen molar-refractivity contribution >= 4 is 62.8 Å². The van der Waals surface area contributed by atoms with Crippen LogP contribution in [0.3, 0.4) is 0 Å². The van der Waals surface area contributed by atoms with Crippen molar-refractivity contribution in [2.75, 3.05) is 5.45 Å². The van der Waals surface area contributed by atoms with Crippen LogP contribution in [0.2, 0.25) is 0 Å². The molecule has 0 spiro atoms. The standard InChI is InChI=1S/C24H19BrCl2N2O7/c25-9-28-21(33)23(26)7-15-13(2-3-14-17(15)20(32)29(35)19(14)31)18(24(23,27)22(28)34)11-5-10-6-12(30)1-4-16(10)36-8-11/h1-2,4,6,8,14-15,17-18,30,35H,3,5,7,9H2/t14-,15+,17-,18-,23+,24-/m0/s1. The predicted octanol–water partition coefficient (Wildman–Crippen LogP) is 2.84. The topological polar surface area (TPSA) is 124 Å². The Bertz CT molecular complexity index is 1330. The molecule has 1 saturated carbocycles. The largest absolute Gasteiger partial charge is 0.508 e. The monoisotopic (exact) mass is 596 g/mol. The Labute approximate surface area is 223 Å². The summed E-state index contributed by atoms with van der Waals surface area (Å²) < 4.78 is 5.82. The molecule has 0 aromatic heterocycles. The van der Waals surface area contributed by atoms with Crippen LogP contribution in [0.5, 0.6) is 11.5 Å². The van der Waals surface area contributed by atoms with Crippen molar-refractivity contribution in [2.45, 2.75) is 29.0 Å². The van der Waals surface area contributed by atoms with E-state index in [-0.39, 0.29) is 35.5 Å². The predicted molar refractivity (Wildman–Crippen MR) is 128 cm³/mol. The molecule has 2 aliphatic carbocycles. The van der Waals surface area contributed by atoms with Crippen LogP contribution in [0, 0.1) is 23.7 Å². The van der Waals surface area contributed by atoms with E-state index in [1.807, 2.05) is 0 Å². The van der Waals surface area contributed by atoms with Crippen LogP contribution < -0.4 is 4.74 Å². The minimum absolute atomic E-state index is 0.0304. The number of hydroxylamine groups is 2. The SMILES string of the molecule is O=C1[C@H]2[C@H](CC=C3[C@H](C4=COc5ccc(O)cc5C4)[C@]4(Cl)C(=O)N(CBr)C(=O)[C@]4(Cl)C[C@H]32)C(=O)N1O. The number of carbonyl (C=O) groups excluding carboxylic acids is 4. The zero-order valence-electron chi connectivity index (χ0n) is 18.5. The van der Waals surface area contributed by atoms with Crippen LogP contribution >= 0.6 is 39.1 Å². The Morgan fingerprint density at radius 1 is 1.11 bits per heavy atom. The Morgan fingerprint density at radius 3 is 2.58 bits per heavy atom. The third kappa shape index (κ3) is 2.81. The molecular formula is C24H19BrCl2N2O7. The Balaban J connectivity index is 1.54. The fourth-order valence-corrected chi connectivity index (χ4v) is 7.99. The number of nitrogens with zero attached hydrogens (tertiary/aromatic N) is 2. The molecule has 3 aliphatic heterocycles. The number of imide groups is 2. The Morgan fingerprint density at radius 2 is 1.86 bits per heavy atom. The van der Waals surface area contributed by atoms with Gasteiger partial charge in [0, 0.05) is 17.9 Å². The molecule has 4 amide bonds. The van der Waals surface area contributed by atoms with Crippen molar-refractivity contribution in [1.29, 1.82) is 0 Å². The maximum Gasteiger partial charge on any atom is 0.257 e. The van der Waals surface area contributed by atoms with Gasteiger partial charge in [0.2, 0.25) is 0 Å². The molecule has 3 fully saturated rings. The van der Waals surface area contributed by atoms with Crippen LogP contribution in [0.15, 0.2) is 41.7 Å². The first-order valence-corrected chi connectivity index (χ1v) is 13.2. The van der Waals surface area contributed by atoms with Crippen molar-refractivity contribution in [3.8, 4) is 11.5 Å². The number of hydrogen-bond donors (Lipinski definition) is 2. The van der Waals surface area contributed by atoms with Gasteiger partial charge in [-0.25, -0.2) is 0 Å². The summed E-state index contributed by atoms with van der Waals surface area (Å²) >= 11 is 17.4. The first-order valence-electron chi connectivity index (χ1n) is 11.3. The highest BCUT2D eigenvalue weighted by Crippen LogP contribution is 2.64. The molecule has 0 unspecified atom stereocenters. The zero-order valence-corrected chi connectivity index (χ0v) is 21.6. The number of phenolic OH excluding ortho intramolecular Hbond substituents is 1. The lowest BCUT2D eigenvalue weighted by Gasteiger charge is -2.51. The van der Waals surface area contributed by atoms with Crippen LogP contribution in [0.4, 0.5) is 0 Å². The summed E-state index contributed by atoms with van der Waals surface area (Å²) in [6.07, 6.45) is 3.48. The Hall–Kier alpha value is -2.40. The van der Waals surface area contributed by atoms with Crippen molar-refractivity contribution in [3.05, 3.63) is 47.2 Å². The molecule has 0 radical (unpaired) electrons. The highest BCUT2D eigenvalue weighted by molar-refractivity contribution is 9.09. The van der Waals surface area contributed by atoms with E-state index in [0.717, 1.165) is 4.90 Å². The van der Waals surface area contributed by atoms with Crippen molar-refractivity contribution in [2.24, 2.45) is 23.7 Å². The molecule has 1 aromatic carbocycles. The molecule has 2 N–H and O–H groups in total. The van der Waals surface area contributed by atoms with Gasteiger partial charge in [-0.1, -0.05) is 27.6 Å². The number of rotatable bonds is 2. The van der Waals surface area contributed by atoms with E-state index < -0.39 is 57.0 Å². The summed E-state index contributed by atoms with van der Waals surface area (Å²) in [5.74, 6) is -5.68. The molecule has 5 aliphatic rings. The lowest BCUT2D eigenvalue weighted by Crippen LogP contribution is -2.61. The van der Waals surface area contributed by atoms with Gasteiger partial charge in [0.05, 0.1) is 23.6 Å². The van der Waals surface area contributed by atoms with Gasteiger partial charge in [0.25, 0.3) is 23.6 Å². The highest BCUT2D eigenvalue weighted by Gasteiger charge is 2.76. The van der Waals surface area contributed by atoms with Gasteiger partial charge in [-0.15, -0.1) is 23.2 Å². The molecular weight excluding hydrogens is 579 g/mol. The number of hydrogen-bond acceptors (Lipinski definition) is 7. The van der Waals surface area contributed by atoms with Gasteiger partial charge in [0.1, 0.15) is 11.5 Å². The Kier molecular flexibility index (Phi) is 5.19. The van der Waals surface area contributed by atoms with Gasteiger partial charge < -0.3 is 9.84 Å². The number of benzene rings is 1. The van der Waals surface area contributed by atoms with Gasteiger partial charge in [-0.05, 0) is 42.5 Å². The average molecular weight is 598 g/mol. The minimum atomic E-state index is -1.93. The van der Waals surface area contributed by atoms with E-state index in [4.69, 9.17) is 27.9 Å². The second-order valence-electron chi connectivity index (χ2n) is 9.75. The molecule has 2 saturated heterocycles. The van der Waals surface area contributed by atoms with E-state index in [2.05, 4.69) is 15.9 Å². The van der Waals surface area contributed by atoms with Crippen molar-refractivity contribution in [1.82, 2.24) is 9.96 Å². The number of halogens is 3. The molecule has 6 rings (SSSR count). The molecule has 12 heteroatoms. The van der Waals surface area contributed by atoms with Crippen molar-refractivity contribution < 1.29 is 34.2 Å². The number of phenols is 1. The maximum absolute atomic E-state index is 13.7. The number of aromatic hydroxyl groups is 1. The van der Waals surface area contributed by atoms with Crippen LogP contribution in [0.25, 0.3) is 0 Å². The number of ether oxygens (including phenoxy) is 1. The lowest BCUT2D eigenvalue weighted by atomic mass is 9.56. The summed E-state index contributed by atoms with van der Waals surface area (Å²) in [7, 11) is 0. The van der Waals surface area contributed by atoms with Gasteiger partial charge in [-0.3, -0.25) is 29.3 Å². The normalized spacial score (nSPS) is 37.1. The molecule has 3 heterocycles. The van der Waals surface area contributed by atoms with Gasteiger partial charge >= 0.3 is 0 Å². The van der Waals surface area contributed by atoms with E-state index in [9.17, 15) is 29.5 Å². The van der Waals surface area contributed by atoms with E-state index in [1.54, 1.807) is 12.1 Å². The summed E-state index contributed by atoms with van der Waals surface area (Å²) in [5, 5.41) is 20.2. The molecule has 1 aromatic rings. The zero-order chi connectivity index (χ0) is 25.7. The number of amides is 4. The fourth-order valence-electron chi connectivity index (χ4n) is 6.55. The summed E-state index contributed by atoms with van der Waals surface area (Å²) in [6.45, 7) is 0. The van der Waals surface area contributed by atoms with Crippen LogP contribution in [-0.2, 0) is 25.6 Å². The molecule has 0 bridgehead atoms. The second-order valence-corrected chi connectivity index (χ2v) is 11.5. The third-order valence-corrected chi connectivity index (χ3v) is 10.1. The summed E-state index contributed by atoms with van der Waals surface area (Å²) in [5.41, 5.74) is 1.67.